The molecule has 0 radical (unpaired) electrons. The van der Waals surface area contributed by atoms with Gasteiger partial charge in [0.05, 0.1) is 11.1 Å². The summed E-state index contributed by atoms with van der Waals surface area (Å²) in [4.78, 5) is 27.1. The highest BCUT2D eigenvalue weighted by Gasteiger charge is 2.33. The molecule has 0 saturated carbocycles. The number of hydrogen-bond acceptors (Lipinski definition) is 4. The van der Waals surface area contributed by atoms with E-state index in [-0.39, 0.29) is 11.6 Å². The highest BCUT2D eigenvalue weighted by atomic mass is 16.1. The van der Waals surface area contributed by atoms with E-state index in [2.05, 4.69) is 0 Å². The van der Waals surface area contributed by atoms with Gasteiger partial charge >= 0.3 is 0 Å². The molecule has 4 heteroatoms. The van der Waals surface area contributed by atoms with Gasteiger partial charge in [0.15, 0.2) is 11.6 Å². The van der Waals surface area contributed by atoms with Crippen molar-refractivity contribution >= 4 is 22.9 Å². The molecule has 0 bridgehead atoms. The molecule has 0 aliphatic heterocycles. The molecule has 0 spiro atoms. The second-order valence-electron chi connectivity index (χ2n) is 5.02. The van der Waals surface area contributed by atoms with E-state index in [1.54, 1.807) is 36.4 Å². The number of nitrogen functional groups attached to an aromatic ring is 1. The average molecular weight is 266 g/mol. The number of anilines is 2. The van der Waals surface area contributed by atoms with Gasteiger partial charge in [-0.05, 0) is 12.1 Å². The van der Waals surface area contributed by atoms with Gasteiger partial charge in [-0.1, -0.05) is 24.3 Å². The summed E-state index contributed by atoms with van der Waals surface area (Å²) in [6.07, 6.45) is 0. The molecule has 0 amide bonds. The van der Waals surface area contributed by atoms with Crippen LogP contribution in [0.25, 0.3) is 0 Å². The van der Waals surface area contributed by atoms with Crippen molar-refractivity contribution < 1.29 is 9.59 Å². The Labute approximate surface area is 116 Å². The van der Waals surface area contributed by atoms with Crippen molar-refractivity contribution in [2.45, 2.75) is 0 Å². The zero-order valence-corrected chi connectivity index (χ0v) is 11.3. The summed E-state index contributed by atoms with van der Waals surface area (Å²) in [5.41, 5.74) is 8.57. The lowest BCUT2D eigenvalue weighted by Gasteiger charge is -2.24. The van der Waals surface area contributed by atoms with Gasteiger partial charge in [0, 0.05) is 36.6 Å². The molecular formula is C16H14N2O2. The second kappa shape index (κ2) is 4.20. The van der Waals surface area contributed by atoms with Gasteiger partial charge in [-0.15, -0.1) is 0 Å². The monoisotopic (exact) mass is 266 g/mol. The van der Waals surface area contributed by atoms with Crippen LogP contribution in [0.2, 0.25) is 0 Å². The van der Waals surface area contributed by atoms with Crippen molar-refractivity contribution in [2.75, 3.05) is 24.7 Å². The first-order valence-electron chi connectivity index (χ1n) is 6.30. The Morgan fingerprint density at radius 1 is 0.850 bits per heavy atom. The quantitative estimate of drug-likeness (QED) is 0.685. The normalized spacial score (nSPS) is 12.9. The van der Waals surface area contributed by atoms with E-state index in [4.69, 9.17) is 5.73 Å². The van der Waals surface area contributed by atoms with Crippen LogP contribution in [-0.2, 0) is 0 Å². The molecule has 20 heavy (non-hydrogen) atoms. The van der Waals surface area contributed by atoms with Crippen LogP contribution in [0, 0.1) is 0 Å². The van der Waals surface area contributed by atoms with Crippen molar-refractivity contribution in [1.82, 2.24) is 0 Å². The Bertz CT molecular complexity index is 748. The van der Waals surface area contributed by atoms with Crippen molar-refractivity contribution in [3.63, 3.8) is 0 Å². The molecule has 2 aromatic rings. The minimum Gasteiger partial charge on any atom is -0.398 e. The number of rotatable bonds is 1. The molecule has 0 unspecified atom stereocenters. The van der Waals surface area contributed by atoms with Crippen LogP contribution in [0.4, 0.5) is 11.4 Å². The molecule has 0 heterocycles. The zero-order chi connectivity index (χ0) is 14.4. The maximum Gasteiger partial charge on any atom is 0.196 e. The number of fused-ring (bicyclic) bond motifs is 2. The standard InChI is InChI=1S/C16H14N2O2/c1-18(2)12-8-7-11(17)13-14(12)16(20)10-6-4-3-5-9(10)15(13)19/h3-8H,17H2,1-2H3. The van der Waals surface area contributed by atoms with Gasteiger partial charge in [-0.2, -0.15) is 0 Å². The largest absolute Gasteiger partial charge is 0.398 e. The lowest BCUT2D eigenvalue weighted by Crippen LogP contribution is -2.25. The first-order chi connectivity index (χ1) is 9.52. The molecule has 1 aliphatic rings. The Hall–Kier alpha value is -2.62. The molecule has 2 aromatic carbocycles. The minimum absolute atomic E-state index is 0.147. The van der Waals surface area contributed by atoms with E-state index < -0.39 is 0 Å². The number of benzene rings is 2. The lowest BCUT2D eigenvalue weighted by atomic mass is 9.82. The third-order valence-corrected chi connectivity index (χ3v) is 3.57. The fraction of sp³-hybridized carbons (Fsp3) is 0.125. The van der Waals surface area contributed by atoms with E-state index in [1.165, 1.54) is 0 Å². The zero-order valence-electron chi connectivity index (χ0n) is 11.3. The molecule has 3 rings (SSSR count). The number of carbonyl (C=O) groups excluding carboxylic acids is 2. The van der Waals surface area contributed by atoms with Crippen molar-refractivity contribution in [2.24, 2.45) is 0 Å². The SMILES string of the molecule is CN(C)c1ccc(N)c2c1C(=O)c1ccccc1C2=O. The fourth-order valence-electron chi connectivity index (χ4n) is 2.60. The lowest BCUT2D eigenvalue weighted by molar-refractivity contribution is 0.0980. The maximum atomic E-state index is 12.7. The summed E-state index contributed by atoms with van der Waals surface area (Å²) in [6, 6.07) is 10.3. The average Bonchev–Trinajstić information content (AvgIpc) is 2.44. The second-order valence-corrected chi connectivity index (χ2v) is 5.02. The Kier molecular flexibility index (Phi) is 2.61. The number of nitrogens with two attached hydrogens (primary N) is 1. The van der Waals surface area contributed by atoms with Gasteiger partial charge in [-0.3, -0.25) is 9.59 Å². The fourth-order valence-corrected chi connectivity index (χ4v) is 2.60. The third kappa shape index (κ3) is 1.54. The van der Waals surface area contributed by atoms with Crippen LogP contribution in [0.3, 0.4) is 0 Å². The highest BCUT2D eigenvalue weighted by Crippen LogP contribution is 2.36. The highest BCUT2D eigenvalue weighted by molar-refractivity contribution is 6.31. The maximum absolute atomic E-state index is 12.7. The topological polar surface area (TPSA) is 63.4 Å². The summed E-state index contributed by atoms with van der Waals surface area (Å²) < 4.78 is 0. The summed E-state index contributed by atoms with van der Waals surface area (Å²) in [6.45, 7) is 0. The first kappa shape index (κ1) is 12.4. The van der Waals surface area contributed by atoms with E-state index in [0.29, 0.717) is 33.6 Å². The molecule has 1 aliphatic carbocycles. The van der Waals surface area contributed by atoms with Crippen LogP contribution in [0.5, 0.6) is 0 Å². The molecule has 100 valence electrons. The van der Waals surface area contributed by atoms with E-state index in [1.807, 2.05) is 19.0 Å². The van der Waals surface area contributed by atoms with Gasteiger partial charge in [0.1, 0.15) is 0 Å². The molecular weight excluding hydrogens is 252 g/mol. The summed E-state index contributed by atoms with van der Waals surface area (Å²) >= 11 is 0. The van der Waals surface area contributed by atoms with E-state index in [9.17, 15) is 9.59 Å². The third-order valence-electron chi connectivity index (χ3n) is 3.57. The Morgan fingerprint density at radius 2 is 1.40 bits per heavy atom. The van der Waals surface area contributed by atoms with Crippen LogP contribution in [0.1, 0.15) is 31.8 Å². The predicted molar refractivity (Wildman–Crippen MR) is 78.5 cm³/mol. The first-order valence-corrected chi connectivity index (χ1v) is 6.30. The van der Waals surface area contributed by atoms with Crippen LogP contribution < -0.4 is 10.6 Å². The van der Waals surface area contributed by atoms with Crippen LogP contribution >= 0.6 is 0 Å². The molecule has 0 saturated heterocycles. The number of ketones is 2. The van der Waals surface area contributed by atoms with Gasteiger partial charge in [0.2, 0.25) is 0 Å². The van der Waals surface area contributed by atoms with Gasteiger partial charge in [0.25, 0.3) is 0 Å². The molecule has 4 nitrogen and oxygen atoms in total. The Balaban J connectivity index is 2.38. The van der Waals surface area contributed by atoms with Gasteiger partial charge in [-0.25, -0.2) is 0 Å². The van der Waals surface area contributed by atoms with Crippen LogP contribution in [0.15, 0.2) is 36.4 Å². The number of nitrogens with zero attached hydrogens (tertiary/aromatic N) is 1. The van der Waals surface area contributed by atoms with E-state index >= 15 is 0 Å². The molecule has 0 atom stereocenters. The van der Waals surface area contributed by atoms with Crippen LogP contribution in [-0.4, -0.2) is 25.7 Å². The molecule has 0 aromatic heterocycles. The van der Waals surface area contributed by atoms with Crippen molar-refractivity contribution in [3.8, 4) is 0 Å². The predicted octanol–water partition coefficient (Wildman–Crippen LogP) is 2.11. The minimum atomic E-state index is -0.184. The summed E-state index contributed by atoms with van der Waals surface area (Å²) in [7, 11) is 3.67. The van der Waals surface area contributed by atoms with E-state index in [0.717, 1.165) is 0 Å². The van der Waals surface area contributed by atoms with Crippen molar-refractivity contribution in [3.05, 3.63) is 58.7 Å². The Morgan fingerprint density at radius 3 is 1.95 bits per heavy atom. The molecule has 2 N–H and O–H groups in total. The van der Waals surface area contributed by atoms with Gasteiger partial charge < -0.3 is 10.6 Å². The molecule has 0 fully saturated rings. The smallest absolute Gasteiger partial charge is 0.196 e. The number of hydrogen-bond donors (Lipinski definition) is 1. The summed E-state index contributed by atoms with van der Waals surface area (Å²) in [5.74, 6) is -0.331. The van der Waals surface area contributed by atoms with Crippen molar-refractivity contribution in [1.29, 1.82) is 0 Å². The number of carbonyl (C=O) groups is 2. The summed E-state index contributed by atoms with van der Waals surface area (Å²) in [5, 5.41) is 0.